The second kappa shape index (κ2) is 6.96. The highest BCUT2D eigenvalue weighted by atomic mass is 16.5. The molecule has 0 saturated heterocycles. The molecule has 1 rings (SSSR count). The van der Waals surface area contributed by atoms with Crippen molar-refractivity contribution in [1.29, 1.82) is 0 Å². The Morgan fingerprint density at radius 1 is 1.42 bits per heavy atom. The van der Waals surface area contributed by atoms with E-state index in [9.17, 15) is 9.90 Å². The standard InChI is InChI=1S/C13H20N2O4/c1-8(16)11(14)7-15-13(17)10-5-4-9(18-2)6-12(10)19-3/h4-6,8,11,16H,7,14H2,1-3H3,(H,15,17). The molecule has 0 heterocycles. The molecule has 0 aliphatic rings. The number of aliphatic hydroxyl groups excluding tert-OH is 1. The summed E-state index contributed by atoms with van der Waals surface area (Å²) in [6.07, 6.45) is -0.682. The lowest BCUT2D eigenvalue weighted by Crippen LogP contribution is -2.43. The first-order valence-electron chi connectivity index (χ1n) is 5.93. The van der Waals surface area contributed by atoms with Gasteiger partial charge in [0, 0.05) is 18.7 Å². The van der Waals surface area contributed by atoms with Gasteiger partial charge in [-0.15, -0.1) is 0 Å². The van der Waals surface area contributed by atoms with Crippen LogP contribution in [-0.4, -0.2) is 43.9 Å². The number of hydrogen-bond donors (Lipinski definition) is 3. The fourth-order valence-electron chi connectivity index (χ4n) is 1.46. The fraction of sp³-hybridized carbons (Fsp3) is 0.462. The Balaban J connectivity index is 2.76. The van der Waals surface area contributed by atoms with Gasteiger partial charge in [-0.05, 0) is 19.1 Å². The van der Waals surface area contributed by atoms with Crippen LogP contribution in [-0.2, 0) is 0 Å². The molecule has 1 aromatic carbocycles. The maximum Gasteiger partial charge on any atom is 0.255 e. The van der Waals surface area contributed by atoms with E-state index in [0.717, 1.165) is 0 Å². The largest absolute Gasteiger partial charge is 0.497 e. The second-order valence-corrected chi connectivity index (χ2v) is 4.18. The number of hydrogen-bond acceptors (Lipinski definition) is 5. The van der Waals surface area contributed by atoms with E-state index in [1.807, 2.05) is 0 Å². The highest BCUT2D eigenvalue weighted by Gasteiger charge is 2.15. The zero-order valence-electron chi connectivity index (χ0n) is 11.3. The van der Waals surface area contributed by atoms with Gasteiger partial charge in [0.2, 0.25) is 0 Å². The van der Waals surface area contributed by atoms with Crippen molar-refractivity contribution in [1.82, 2.24) is 5.32 Å². The van der Waals surface area contributed by atoms with Crippen LogP contribution in [0.25, 0.3) is 0 Å². The Morgan fingerprint density at radius 2 is 2.11 bits per heavy atom. The van der Waals surface area contributed by atoms with E-state index in [-0.39, 0.29) is 12.5 Å². The van der Waals surface area contributed by atoms with Crippen LogP contribution in [0.4, 0.5) is 0 Å². The van der Waals surface area contributed by atoms with Crippen LogP contribution in [0.3, 0.4) is 0 Å². The van der Waals surface area contributed by atoms with Gasteiger partial charge < -0.3 is 25.6 Å². The molecule has 1 amide bonds. The number of carbonyl (C=O) groups excluding carboxylic acids is 1. The summed E-state index contributed by atoms with van der Waals surface area (Å²) in [5.74, 6) is 0.715. The molecular weight excluding hydrogens is 248 g/mol. The van der Waals surface area contributed by atoms with E-state index < -0.39 is 12.1 Å². The highest BCUT2D eigenvalue weighted by Crippen LogP contribution is 2.24. The van der Waals surface area contributed by atoms with Gasteiger partial charge in [-0.25, -0.2) is 0 Å². The Morgan fingerprint density at radius 3 is 2.63 bits per heavy atom. The third-order valence-corrected chi connectivity index (χ3v) is 2.77. The van der Waals surface area contributed by atoms with Crippen LogP contribution in [0.15, 0.2) is 18.2 Å². The predicted molar refractivity (Wildman–Crippen MR) is 71.5 cm³/mol. The number of ether oxygens (including phenoxy) is 2. The summed E-state index contributed by atoms with van der Waals surface area (Å²) in [6.45, 7) is 1.76. The minimum Gasteiger partial charge on any atom is -0.497 e. The van der Waals surface area contributed by atoms with Crippen molar-refractivity contribution in [2.24, 2.45) is 5.73 Å². The van der Waals surface area contributed by atoms with Gasteiger partial charge in [0.25, 0.3) is 5.91 Å². The lowest BCUT2D eigenvalue weighted by Gasteiger charge is -2.16. The molecule has 0 saturated carbocycles. The number of nitrogens with one attached hydrogen (secondary N) is 1. The average Bonchev–Trinajstić information content (AvgIpc) is 2.43. The number of aliphatic hydroxyl groups is 1. The Kier molecular flexibility index (Phi) is 5.59. The van der Waals surface area contributed by atoms with Crippen LogP contribution in [0.2, 0.25) is 0 Å². The summed E-state index contributed by atoms with van der Waals surface area (Å²) in [6, 6.07) is 4.41. The van der Waals surface area contributed by atoms with E-state index in [1.54, 1.807) is 25.1 Å². The Hall–Kier alpha value is -1.79. The smallest absolute Gasteiger partial charge is 0.255 e. The first-order valence-corrected chi connectivity index (χ1v) is 5.93. The summed E-state index contributed by atoms with van der Waals surface area (Å²) in [7, 11) is 3.02. The normalized spacial score (nSPS) is 13.5. The van der Waals surface area contributed by atoms with E-state index in [2.05, 4.69) is 5.32 Å². The Labute approximate surface area is 112 Å². The zero-order valence-corrected chi connectivity index (χ0v) is 11.3. The van der Waals surface area contributed by atoms with Crippen molar-refractivity contribution in [3.8, 4) is 11.5 Å². The third kappa shape index (κ3) is 4.11. The van der Waals surface area contributed by atoms with Gasteiger partial charge in [-0.2, -0.15) is 0 Å². The fourth-order valence-corrected chi connectivity index (χ4v) is 1.46. The van der Waals surface area contributed by atoms with Gasteiger partial charge >= 0.3 is 0 Å². The molecule has 19 heavy (non-hydrogen) atoms. The minimum atomic E-state index is -0.682. The molecule has 2 unspecified atom stereocenters. The maximum atomic E-state index is 12.0. The zero-order chi connectivity index (χ0) is 14.4. The molecule has 106 valence electrons. The monoisotopic (exact) mass is 268 g/mol. The van der Waals surface area contributed by atoms with Gasteiger partial charge in [0.15, 0.2) is 0 Å². The molecule has 0 radical (unpaired) electrons. The highest BCUT2D eigenvalue weighted by molar-refractivity contribution is 5.97. The second-order valence-electron chi connectivity index (χ2n) is 4.18. The summed E-state index contributed by atoms with van der Waals surface area (Å²) >= 11 is 0. The molecule has 1 aromatic rings. The van der Waals surface area contributed by atoms with Gasteiger partial charge in [0.1, 0.15) is 11.5 Å². The van der Waals surface area contributed by atoms with E-state index in [0.29, 0.717) is 17.1 Å². The van der Waals surface area contributed by atoms with Crippen molar-refractivity contribution in [3.63, 3.8) is 0 Å². The lowest BCUT2D eigenvalue weighted by molar-refractivity contribution is 0.0934. The van der Waals surface area contributed by atoms with Crippen LogP contribution in [0, 0.1) is 0 Å². The molecule has 2 atom stereocenters. The van der Waals surface area contributed by atoms with Gasteiger partial charge in [0.05, 0.1) is 25.9 Å². The van der Waals surface area contributed by atoms with Crippen molar-refractivity contribution >= 4 is 5.91 Å². The van der Waals surface area contributed by atoms with E-state index in [1.165, 1.54) is 14.2 Å². The van der Waals surface area contributed by atoms with Crippen LogP contribution in [0.1, 0.15) is 17.3 Å². The number of carbonyl (C=O) groups is 1. The summed E-state index contributed by atoms with van der Waals surface area (Å²) < 4.78 is 10.2. The molecule has 0 spiro atoms. The molecular formula is C13H20N2O4. The molecule has 0 aliphatic carbocycles. The molecule has 6 nitrogen and oxygen atoms in total. The van der Waals surface area contributed by atoms with Crippen LogP contribution in [0.5, 0.6) is 11.5 Å². The maximum absolute atomic E-state index is 12.0. The summed E-state index contributed by atoms with van der Waals surface area (Å²) in [5.41, 5.74) is 6.03. The average molecular weight is 268 g/mol. The summed E-state index contributed by atoms with van der Waals surface area (Å²) in [5, 5.41) is 11.9. The number of benzene rings is 1. The quantitative estimate of drug-likeness (QED) is 0.682. The first kappa shape index (κ1) is 15.3. The van der Waals surface area contributed by atoms with Crippen molar-refractivity contribution in [2.45, 2.75) is 19.1 Å². The number of nitrogens with two attached hydrogens (primary N) is 1. The number of rotatable bonds is 6. The van der Waals surface area contributed by atoms with Crippen molar-refractivity contribution in [2.75, 3.05) is 20.8 Å². The van der Waals surface area contributed by atoms with E-state index in [4.69, 9.17) is 15.2 Å². The van der Waals surface area contributed by atoms with E-state index >= 15 is 0 Å². The molecule has 0 aromatic heterocycles. The van der Waals surface area contributed by atoms with Crippen LogP contribution < -0.4 is 20.5 Å². The molecule has 4 N–H and O–H groups in total. The minimum absolute atomic E-state index is 0.186. The molecule has 6 heteroatoms. The molecule has 0 bridgehead atoms. The first-order chi connectivity index (χ1) is 8.99. The third-order valence-electron chi connectivity index (χ3n) is 2.77. The van der Waals surface area contributed by atoms with Gasteiger partial charge in [-0.1, -0.05) is 0 Å². The summed E-state index contributed by atoms with van der Waals surface area (Å²) in [4.78, 5) is 12.0. The van der Waals surface area contributed by atoms with Crippen molar-refractivity contribution in [3.05, 3.63) is 23.8 Å². The Bertz CT molecular complexity index is 435. The van der Waals surface area contributed by atoms with Gasteiger partial charge in [-0.3, -0.25) is 4.79 Å². The lowest BCUT2D eigenvalue weighted by atomic mass is 10.1. The SMILES string of the molecule is COc1ccc(C(=O)NCC(N)C(C)O)c(OC)c1. The van der Waals surface area contributed by atoms with Crippen molar-refractivity contribution < 1.29 is 19.4 Å². The predicted octanol–water partition coefficient (Wildman–Crippen LogP) is 0.142. The molecule has 0 fully saturated rings. The molecule has 0 aliphatic heterocycles. The topological polar surface area (TPSA) is 93.8 Å². The number of methoxy groups -OCH3 is 2. The van der Waals surface area contributed by atoms with Crippen LogP contribution >= 0.6 is 0 Å². The number of amides is 1.